The van der Waals surface area contributed by atoms with Crippen LogP contribution in [0.3, 0.4) is 0 Å². The van der Waals surface area contributed by atoms with Crippen molar-refractivity contribution in [1.82, 2.24) is 9.97 Å². The predicted molar refractivity (Wildman–Crippen MR) is 113 cm³/mol. The molecule has 128 valence electrons. The summed E-state index contributed by atoms with van der Waals surface area (Å²) >= 11 is 0. The third kappa shape index (κ3) is 2.61. The number of hydrogen-bond acceptors (Lipinski definition) is 2. The molecule has 2 heterocycles. The number of nitrogens with zero attached hydrogens (tertiary/aromatic N) is 1. The SMILES string of the molecule is O=c1[nH]c2ccccc2c2c1c(/C=C/c1ccccc1)nc1ccccc12. The lowest BCUT2D eigenvalue weighted by Crippen LogP contribution is -2.09. The topological polar surface area (TPSA) is 45.8 Å². The van der Waals surface area contributed by atoms with Crippen LogP contribution in [0, 0.1) is 0 Å². The van der Waals surface area contributed by atoms with Crippen LogP contribution in [0.4, 0.5) is 0 Å². The van der Waals surface area contributed by atoms with Gasteiger partial charge in [0.1, 0.15) is 0 Å². The van der Waals surface area contributed by atoms with E-state index in [0.29, 0.717) is 11.1 Å². The van der Waals surface area contributed by atoms with Crippen molar-refractivity contribution < 1.29 is 0 Å². The van der Waals surface area contributed by atoms with Gasteiger partial charge in [0.05, 0.1) is 16.6 Å². The standard InChI is InChI=1S/C24H16N2O/c27-24-23-21(15-14-16-8-2-1-3-9-16)25-19-12-6-4-10-17(19)22(23)18-11-5-7-13-20(18)26-24/h1-15H,(H,26,27)/b15-14+. The van der Waals surface area contributed by atoms with E-state index in [2.05, 4.69) is 4.98 Å². The Morgan fingerprint density at radius 3 is 2.26 bits per heavy atom. The number of pyridine rings is 2. The summed E-state index contributed by atoms with van der Waals surface area (Å²) in [5.74, 6) is 0. The lowest BCUT2D eigenvalue weighted by atomic mass is 10.0. The van der Waals surface area contributed by atoms with Crippen LogP contribution in [0.1, 0.15) is 11.3 Å². The van der Waals surface area contributed by atoms with Crippen molar-refractivity contribution in [3.05, 3.63) is 100 Å². The van der Waals surface area contributed by atoms with Crippen molar-refractivity contribution in [1.29, 1.82) is 0 Å². The number of aromatic nitrogens is 2. The zero-order valence-corrected chi connectivity index (χ0v) is 14.5. The van der Waals surface area contributed by atoms with Gasteiger partial charge in [-0.1, -0.05) is 72.8 Å². The third-order valence-electron chi connectivity index (χ3n) is 4.83. The van der Waals surface area contributed by atoms with Gasteiger partial charge in [0.15, 0.2) is 0 Å². The molecule has 0 aliphatic rings. The Bertz CT molecular complexity index is 1370. The number of benzene rings is 3. The van der Waals surface area contributed by atoms with Crippen molar-refractivity contribution in [2.45, 2.75) is 0 Å². The van der Waals surface area contributed by atoms with Gasteiger partial charge >= 0.3 is 0 Å². The fourth-order valence-electron chi connectivity index (χ4n) is 3.60. The van der Waals surface area contributed by atoms with Crippen LogP contribution in [-0.4, -0.2) is 9.97 Å². The fourth-order valence-corrected chi connectivity index (χ4v) is 3.60. The molecule has 0 atom stereocenters. The molecular weight excluding hydrogens is 332 g/mol. The average Bonchev–Trinajstić information content (AvgIpc) is 2.72. The zero-order valence-electron chi connectivity index (χ0n) is 14.5. The predicted octanol–water partition coefficient (Wildman–Crippen LogP) is 5.40. The Kier molecular flexibility index (Phi) is 3.58. The summed E-state index contributed by atoms with van der Waals surface area (Å²) in [6.07, 6.45) is 3.92. The van der Waals surface area contributed by atoms with E-state index in [1.165, 1.54) is 0 Å². The molecule has 27 heavy (non-hydrogen) atoms. The molecule has 0 aliphatic heterocycles. The maximum absolute atomic E-state index is 12.9. The summed E-state index contributed by atoms with van der Waals surface area (Å²) in [5, 5.41) is 3.60. The van der Waals surface area contributed by atoms with E-state index in [1.807, 2.05) is 91.0 Å². The number of fused-ring (bicyclic) bond motifs is 5. The largest absolute Gasteiger partial charge is 0.321 e. The third-order valence-corrected chi connectivity index (χ3v) is 4.83. The Hall–Kier alpha value is -3.72. The highest BCUT2D eigenvalue weighted by Gasteiger charge is 2.13. The second-order valence-electron chi connectivity index (χ2n) is 6.51. The van der Waals surface area contributed by atoms with E-state index < -0.39 is 0 Å². The quantitative estimate of drug-likeness (QED) is 0.434. The van der Waals surface area contributed by atoms with Crippen molar-refractivity contribution in [2.24, 2.45) is 0 Å². The van der Waals surface area contributed by atoms with E-state index in [-0.39, 0.29) is 5.56 Å². The van der Waals surface area contributed by atoms with Crippen LogP contribution in [0.25, 0.3) is 44.7 Å². The van der Waals surface area contributed by atoms with Gasteiger partial charge in [-0.2, -0.15) is 0 Å². The van der Waals surface area contributed by atoms with Gasteiger partial charge < -0.3 is 4.98 Å². The lowest BCUT2D eigenvalue weighted by molar-refractivity contribution is 1.32. The molecule has 1 N–H and O–H groups in total. The number of hydrogen-bond donors (Lipinski definition) is 1. The smallest absolute Gasteiger partial charge is 0.258 e. The van der Waals surface area contributed by atoms with Gasteiger partial charge in [-0.05, 0) is 23.8 Å². The summed E-state index contributed by atoms with van der Waals surface area (Å²) in [4.78, 5) is 20.7. The molecule has 0 unspecified atom stereocenters. The van der Waals surface area contributed by atoms with Crippen LogP contribution in [-0.2, 0) is 0 Å². The zero-order chi connectivity index (χ0) is 18.2. The fraction of sp³-hybridized carbons (Fsp3) is 0. The molecule has 0 fully saturated rings. The first-order chi connectivity index (χ1) is 13.3. The van der Waals surface area contributed by atoms with Crippen LogP contribution >= 0.6 is 0 Å². The molecule has 3 nitrogen and oxygen atoms in total. The van der Waals surface area contributed by atoms with Crippen LogP contribution in [0.2, 0.25) is 0 Å². The van der Waals surface area contributed by atoms with Crippen molar-refractivity contribution in [3.63, 3.8) is 0 Å². The summed E-state index contributed by atoms with van der Waals surface area (Å²) in [6, 6.07) is 25.9. The summed E-state index contributed by atoms with van der Waals surface area (Å²) < 4.78 is 0. The molecule has 0 saturated carbocycles. The molecule has 3 aromatic carbocycles. The Labute approximate surface area is 155 Å². The highest BCUT2D eigenvalue weighted by molar-refractivity contribution is 6.19. The molecule has 0 amide bonds. The van der Waals surface area contributed by atoms with E-state index in [1.54, 1.807) is 0 Å². The average molecular weight is 348 g/mol. The first-order valence-electron chi connectivity index (χ1n) is 8.88. The molecule has 0 spiro atoms. The summed E-state index contributed by atoms with van der Waals surface area (Å²) in [6.45, 7) is 0. The molecule has 0 radical (unpaired) electrons. The lowest BCUT2D eigenvalue weighted by Gasteiger charge is -2.09. The van der Waals surface area contributed by atoms with Gasteiger partial charge in [-0.25, -0.2) is 4.98 Å². The second kappa shape index (κ2) is 6.22. The first-order valence-corrected chi connectivity index (χ1v) is 8.88. The van der Waals surface area contributed by atoms with Gasteiger partial charge in [-0.3, -0.25) is 4.79 Å². The molecule has 5 rings (SSSR count). The monoisotopic (exact) mass is 348 g/mol. The summed E-state index contributed by atoms with van der Waals surface area (Å²) in [7, 11) is 0. The minimum atomic E-state index is -0.116. The van der Waals surface area contributed by atoms with Gasteiger partial charge in [0.25, 0.3) is 5.56 Å². The molecular formula is C24H16N2O. The molecule has 0 bridgehead atoms. The number of rotatable bonds is 2. The molecule has 0 aliphatic carbocycles. The summed E-state index contributed by atoms with van der Waals surface area (Å²) in [5.41, 5.74) is 3.35. The van der Waals surface area contributed by atoms with E-state index >= 15 is 0 Å². The number of aromatic amines is 1. The van der Waals surface area contributed by atoms with Gasteiger partial charge in [0, 0.05) is 21.7 Å². The number of H-pyrrole nitrogens is 1. The molecule has 2 aromatic heterocycles. The van der Waals surface area contributed by atoms with Crippen LogP contribution in [0.15, 0.2) is 83.7 Å². The van der Waals surface area contributed by atoms with E-state index in [9.17, 15) is 4.79 Å². The first kappa shape index (κ1) is 15.5. The minimum Gasteiger partial charge on any atom is -0.321 e. The van der Waals surface area contributed by atoms with Crippen LogP contribution in [0.5, 0.6) is 0 Å². The minimum absolute atomic E-state index is 0.116. The van der Waals surface area contributed by atoms with E-state index in [0.717, 1.165) is 32.8 Å². The van der Waals surface area contributed by atoms with Gasteiger partial charge in [-0.15, -0.1) is 0 Å². The Morgan fingerprint density at radius 2 is 1.41 bits per heavy atom. The second-order valence-corrected chi connectivity index (χ2v) is 6.51. The maximum Gasteiger partial charge on any atom is 0.258 e. The Balaban J connectivity index is 1.92. The van der Waals surface area contributed by atoms with Crippen molar-refractivity contribution in [3.8, 4) is 0 Å². The molecule has 0 saturated heterocycles. The number of para-hydroxylation sites is 2. The van der Waals surface area contributed by atoms with E-state index in [4.69, 9.17) is 4.98 Å². The van der Waals surface area contributed by atoms with Crippen LogP contribution < -0.4 is 5.56 Å². The highest BCUT2D eigenvalue weighted by atomic mass is 16.1. The molecule has 5 aromatic rings. The highest BCUT2D eigenvalue weighted by Crippen LogP contribution is 2.30. The van der Waals surface area contributed by atoms with Gasteiger partial charge in [0.2, 0.25) is 0 Å². The maximum atomic E-state index is 12.9. The normalized spacial score (nSPS) is 11.7. The van der Waals surface area contributed by atoms with Crippen molar-refractivity contribution >= 4 is 44.7 Å². The van der Waals surface area contributed by atoms with Crippen molar-refractivity contribution in [2.75, 3.05) is 0 Å². The molecule has 3 heteroatoms. The number of nitrogens with one attached hydrogen (secondary N) is 1. The Morgan fingerprint density at radius 1 is 0.704 bits per heavy atom.